The highest BCUT2D eigenvalue weighted by molar-refractivity contribution is 6.20. The van der Waals surface area contributed by atoms with Gasteiger partial charge in [0.15, 0.2) is 0 Å². The fourth-order valence-electron chi connectivity index (χ4n) is 2.39. The van der Waals surface area contributed by atoms with Gasteiger partial charge in [0.2, 0.25) is 5.91 Å². The van der Waals surface area contributed by atoms with E-state index in [1.54, 1.807) is 12.1 Å². The second-order valence-electron chi connectivity index (χ2n) is 4.87. The topological polar surface area (TPSA) is 92.8 Å². The van der Waals surface area contributed by atoms with Crippen molar-refractivity contribution in [2.45, 2.75) is 25.3 Å². The van der Waals surface area contributed by atoms with Gasteiger partial charge >= 0.3 is 5.97 Å². The van der Waals surface area contributed by atoms with Gasteiger partial charge in [0, 0.05) is 6.42 Å². The zero-order chi connectivity index (χ0) is 15.0. The van der Waals surface area contributed by atoms with Crippen LogP contribution in [0.15, 0.2) is 24.3 Å². The molecule has 1 N–H and O–H groups in total. The van der Waals surface area contributed by atoms with E-state index in [0.29, 0.717) is 24.3 Å². The lowest BCUT2D eigenvalue weighted by Crippen LogP contribution is -2.47. The SMILES string of the molecule is O=C1CCC[C@H](C(=O)ON2C(=O)c3ccccc3C2=O)N1. The average Bonchev–Trinajstić information content (AvgIpc) is 2.73. The molecule has 0 spiro atoms. The molecule has 0 unspecified atom stereocenters. The van der Waals surface area contributed by atoms with E-state index in [1.807, 2.05) is 0 Å². The van der Waals surface area contributed by atoms with Crippen molar-refractivity contribution in [3.05, 3.63) is 35.4 Å². The second-order valence-corrected chi connectivity index (χ2v) is 4.87. The molecule has 0 aromatic heterocycles. The van der Waals surface area contributed by atoms with Crippen molar-refractivity contribution in [1.82, 2.24) is 10.4 Å². The average molecular weight is 288 g/mol. The van der Waals surface area contributed by atoms with Crippen LogP contribution in [0, 0.1) is 0 Å². The van der Waals surface area contributed by atoms with E-state index in [2.05, 4.69) is 5.32 Å². The van der Waals surface area contributed by atoms with E-state index in [1.165, 1.54) is 12.1 Å². The van der Waals surface area contributed by atoms with Gasteiger partial charge in [-0.2, -0.15) is 0 Å². The standard InChI is InChI=1S/C14H12N2O5/c17-11-7-3-6-10(15-11)14(20)21-16-12(18)8-4-1-2-5-9(8)13(16)19/h1-2,4-5,10H,3,6-7H2,(H,15,17)/t10-/m1/s1. The molecular formula is C14H12N2O5. The first-order valence-corrected chi connectivity index (χ1v) is 6.57. The zero-order valence-electron chi connectivity index (χ0n) is 11.0. The Hall–Kier alpha value is -2.70. The molecule has 21 heavy (non-hydrogen) atoms. The number of hydroxylamine groups is 2. The third-order valence-corrected chi connectivity index (χ3v) is 3.45. The van der Waals surface area contributed by atoms with Crippen LogP contribution in [-0.4, -0.2) is 34.8 Å². The van der Waals surface area contributed by atoms with Crippen molar-refractivity contribution in [3.63, 3.8) is 0 Å². The molecule has 2 aliphatic rings. The molecule has 1 aromatic carbocycles. The Morgan fingerprint density at radius 2 is 1.76 bits per heavy atom. The number of carbonyl (C=O) groups excluding carboxylic acids is 4. The number of piperidine rings is 1. The largest absolute Gasteiger partial charge is 0.355 e. The van der Waals surface area contributed by atoms with Gasteiger partial charge in [-0.05, 0) is 25.0 Å². The van der Waals surface area contributed by atoms with Crippen LogP contribution in [0.2, 0.25) is 0 Å². The normalized spacial score (nSPS) is 21.0. The summed E-state index contributed by atoms with van der Waals surface area (Å²) in [6, 6.07) is 5.40. The molecule has 0 saturated carbocycles. The third-order valence-electron chi connectivity index (χ3n) is 3.45. The Kier molecular flexibility index (Phi) is 3.17. The van der Waals surface area contributed by atoms with Crippen molar-refractivity contribution < 1.29 is 24.0 Å². The van der Waals surface area contributed by atoms with Gasteiger partial charge in [-0.15, -0.1) is 0 Å². The maximum absolute atomic E-state index is 12.0. The molecule has 3 amide bonds. The first-order chi connectivity index (χ1) is 10.1. The van der Waals surface area contributed by atoms with Crippen LogP contribution >= 0.6 is 0 Å². The molecule has 2 aliphatic heterocycles. The first-order valence-electron chi connectivity index (χ1n) is 6.57. The number of hydrogen-bond donors (Lipinski definition) is 1. The lowest BCUT2D eigenvalue weighted by Gasteiger charge is -2.23. The van der Waals surface area contributed by atoms with Gasteiger partial charge in [-0.3, -0.25) is 14.4 Å². The summed E-state index contributed by atoms with van der Waals surface area (Å²) in [4.78, 5) is 52.2. The number of rotatable bonds is 2. The highest BCUT2D eigenvalue weighted by Gasteiger charge is 2.40. The van der Waals surface area contributed by atoms with Crippen LogP contribution < -0.4 is 5.32 Å². The van der Waals surface area contributed by atoms with Crippen LogP contribution in [0.1, 0.15) is 40.0 Å². The Bertz CT molecular complexity index is 620. The second kappa shape index (κ2) is 5.01. The highest BCUT2D eigenvalue weighted by Crippen LogP contribution is 2.23. The minimum Gasteiger partial charge on any atom is -0.343 e. The monoisotopic (exact) mass is 288 g/mol. The Balaban J connectivity index is 1.74. The Labute approximate surface area is 119 Å². The van der Waals surface area contributed by atoms with Crippen molar-refractivity contribution in [3.8, 4) is 0 Å². The Morgan fingerprint density at radius 1 is 1.14 bits per heavy atom. The van der Waals surface area contributed by atoms with E-state index >= 15 is 0 Å². The van der Waals surface area contributed by atoms with Crippen molar-refractivity contribution in [2.24, 2.45) is 0 Å². The lowest BCUT2D eigenvalue weighted by atomic mass is 10.1. The van der Waals surface area contributed by atoms with Crippen molar-refractivity contribution in [1.29, 1.82) is 0 Å². The quantitative estimate of drug-likeness (QED) is 0.796. The summed E-state index contributed by atoms with van der Waals surface area (Å²) in [5, 5.41) is 2.93. The van der Waals surface area contributed by atoms with E-state index in [-0.39, 0.29) is 17.0 Å². The summed E-state index contributed by atoms with van der Waals surface area (Å²) in [5.74, 6) is -2.40. The minimum absolute atomic E-state index is 0.197. The third kappa shape index (κ3) is 2.26. The molecular weight excluding hydrogens is 276 g/mol. The van der Waals surface area contributed by atoms with E-state index < -0.39 is 23.8 Å². The molecule has 7 heteroatoms. The van der Waals surface area contributed by atoms with Gasteiger partial charge in [0.25, 0.3) is 11.8 Å². The lowest BCUT2D eigenvalue weighted by molar-refractivity contribution is -0.172. The number of amides is 3. The zero-order valence-corrected chi connectivity index (χ0v) is 11.0. The summed E-state index contributed by atoms with van der Waals surface area (Å²) in [6.07, 6.45) is 1.35. The minimum atomic E-state index is -0.824. The summed E-state index contributed by atoms with van der Waals surface area (Å²) >= 11 is 0. The predicted octanol–water partition coefficient (Wildman–Crippen LogP) is 0.410. The van der Waals surface area contributed by atoms with Gasteiger partial charge in [-0.1, -0.05) is 17.2 Å². The number of nitrogens with one attached hydrogen (secondary N) is 1. The van der Waals surface area contributed by atoms with Gasteiger partial charge in [0.05, 0.1) is 11.1 Å². The fourth-order valence-corrected chi connectivity index (χ4v) is 2.39. The number of hydrogen-bond acceptors (Lipinski definition) is 5. The molecule has 7 nitrogen and oxygen atoms in total. The molecule has 1 saturated heterocycles. The van der Waals surface area contributed by atoms with E-state index in [9.17, 15) is 19.2 Å². The van der Waals surface area contributed by atoms with Crippen LogP contribution in [-0.2, 0) is 14.4 Å². The first kappa shape index (κ1) is 13.3. The molecule has 0 bridgehead atoms. The number of benzene rings is 1. The van der Waals surface area contributed by atoms with Crippen molar-refractivity contribution in [2.75, 3.05) is 0 Å². The molecule has 1 fully saturated rings. The molecule has 0 aliphatic carbocycles. The highest BCUT2D eigenvalue weighted by atomic mass is 16.7. The van der Waals surface area contributed by atoms with Gasteiger partial charge in [-0.25, -0.2) is 4.79 Å². The number of imide groups is 1. The maximum atomic E-state index is 12.0. The van der Waals surface area contributed by atoms with E-state index in [4.69, 9.17) is 4.84 Å². The molecule has 108 valence electrons. The number of fused-ring (bicyclic) bond motifs is 1. The maximum Gasteiger partial charge on any atom is 0.355 e. The van der Waals surface area contributed by atoms with Crippen LogP contribution in [0.3, 0.4) is 0 Å². The van der Waals surface area contributed by atoms with Crippen LogP contribution in [0.4, 0.5) is 0 Å². The van der Waals surface area contributed by atoms with Crippen molar-refractivity contribution >= 4 is 23.7 Å². The summed E-state index contributed by atoms with van der Waals surface area (Å²) < 4.78 is 0. The number of carbonyl (C=O) groups is 4. The molecule has 0 radical (unpaired) electrons. The van der Waals surface area contributed by atoms with Crippen LogP contribution in [0.5, 0.6) is 0 Å². The van der Waals surface area contributed by atoms with Gasteiger partial charge < -0.3 is 10.2 Å². The summed E-state index contributed by atoms with van der Waals surface area (Å²) in [7, 11) is 0. The smallest absolute Gasteiger partial charge is 0.343 e. The molecule has 3 rings (SSSR count). The summed E-state index contributed by atoms with van der Waals surface area (Å²) in [5.41, 5.74) is 0.394. The van der Waals surface area contributed by atoms with Crippen LogP contribution in [0.25, 0.3) is 0 Å². The fraction of sp³-hybridized carbons (Fsp3) is 0.286. The van der Waals surface area contributed by atoms with Gasteiger partial charge in [0.1, 0.15) is 6.04 Å². The summed E-state index contributed by atoms with van der Waals surface area (Å²) in [6.45, 7) is 0. The van der Waals surface area contributed by atoms with E-state index in [0.717, 1.165) is 0 Å². The molecule has 2 heterocycles. The number of nitrogens with zero attached hydrogens (tertiary/aromatic N) is 1. The predicted molar refractivity (Wildman–Crippen MR) is 68.8 cm³/mol. The Morgan fingerprint density at radius 3 is 2.33 bits per heavy atom. The molecule has 1 atom stereocenters. The molecule has 1 aromatic rings.